The van der Waals surface area contributed by atoms with E-state index in [1.807, 2.05) is 0 Å². The first-order valence-corrected chi connectivity index (χ1v) is 7.90. The van der Waals surface area contributed by atoms with Gasteiger partial charge in [-0.05, 0) is 37.6 Å². The predicted molar refractivity (Wildman–Crippen MR) is 96.4 cm³/mol. The average Bonchev–Trinajstić information content (AvgIpc) is 2.62. The number of benzene rings is 2. The zero-order valence-corrected chi connectivity index (χ0v) is 15.1. The minimum Gasteiger partial charge on any atom is -0.507 e. The number of hydrogen-bond acceptors (Lipinski definition) is 5. The molecule has 2 aromatic rings. The summed E-state index contributed by atoms with van der Waals surface area (Å²) in [6, 6.07) is 5.84. The van der Waals surface area contributed by atoms with Crippen LogP contribution in [-0.4, -0.2) is 31.9 Å². The lowest BCUT2D eigenvalue weighted by atomic mass is 9.98. The van der Waals surface area contributed by atoms with Crippen molar-refractivity contribution in [1.29, 1.82) is 0 Å². The number of ketones is 1. The second kappa shape index (κ2) is 8.49. The highest BCUT2D eigenvalue weighted by molar-refractivity contribution is 6.11. The van der Waals surface area contributed by atoms with Crippen LogP contribution in [-0.2, 0) is 4.74 Å². The minimum absolute atomic E-state index is 0.00294. The van der Waals surface area contributed by atoms with Gasteiger partial charge in [-0.1, -0.05) is 18.2 Å². The standard InChI is InChI=1S/C20H21FO5/c1-12-18(23)17(20(25-4)13(2)19(12)26-11-24-3)16(22)9-8-14-6-5-7-15(21)10-14/h5-10,23H,11H2,1-4H3. The summed E-state index contributed by atoms with van der Waals surface area (Å²) < 4.78 is 29.0. The van der Waals surface area contributed by atoms with E-state index >= 15 is 0 Å². The predicted octanol–water partition coefficient (Wildman–Crippen LogP) is 4.04. The van der Waals surface area contributed by atoms with Crippen LogP contribution in [0.15, 0.2) is 30.3 Å². The van der Waals surface area contributed by atoms with E-state index in [1.165, 1.54) is 38.5 Å². The monoisotopic (exact) mass is 360 g/mol. The SMILES string of the molecule is COCOc1c(C)c(O)c(C(=O)C=Cc2cccc(F)c2)c(OC)c1C. The highest BCUT2D eigenvalue weighted by atomic mass is 19.1. The van der Waals surface area contributed by atoms with Crippen LogP contribution >= 0.6 is 0 Å². The minimum atomic E-state index is -0.465. The molecule has 2 rings (SSSR count). The van der Waals surface area contributed by atoms with Gasteiger partial charge in [0.25, 0.3) is 0 Å². The Kier molecular flexibility index (Phi) is 6.36. The van der Waals surface area contributed by atoms with Gasteiger partial charge in [-0.2, -0.15) is 0 Å². The van der Waals surface area contributed by atoms with Crippen molar-refractivity contribution in [2.75, 3.05) is 21.0 Å². The summed E-state index contributed by atoms with van der Waals surface area (Å²) in [4.78, 5) is 12.6. The zero-order valence-electron chi connectivity index (χ0n) is 15.1. The van der Waals surface area contributed by atoms with E-state index in [0.29, 0.717) is 22.4 Å². The Morgan fingerprint density at radius 3 is 2.54 bits per heavy atom. The van der Waals surface area contributed by atoms with Gasteiger partial charge >= 0.3 is 0 Å². The van der Waals surface area contributed by atoms with Crippen molar-refractivity contribution in [3.05, 3.63) is 58.4 Å². The summed E-state index contributed by atoms with van der Waals surface area (Å²) in [5, 5.41) is 10.5. The number of hydrogen-bond donors (Lipinski definition) is 1. The first kappa shape index (κ1) is 19.5. The summed E-state index contributed by atoms with van der Waals surface area (Å²) in [6.07, 6.45) is 2.74. The fraction of sp³-hybridized carbons (Fsp3) is 0.250. The van der Waals surface area contributed by atoms with Crippen molar-refractivity contribution in [2.45, 2.75) is 13.8 Å². The first-order valence-electron chi connectivity index (χ1n) is 7.90. The quantitative estimate of drug-likeness (QED) is 0.459. The molecule has 0 aliphatic heterocycles. The van der Waals surface area contributed by atoms with E-state index in [-0.39, 0.29) is 23.9 Å². The van der Waals surface area contributed by atoms with Gasteiger partial charge in [0.1, 0.15) is 28.6 Å². The number of methoxy groups -OCH3 is 2. The van der Waals surface area contributed by atoms with Crippen LogP contribution in [0.5, 0.6) is 17.2 Å². The number of phenols is 1. The third kappa shape index (κ3) is 4.03. The molecule has 138 valence electrons. The van der Waals surface area contributed by atoms with Crippen LogP contribution in [0.1, 0.15) is 27.0 Å². The van der Waals surface area contributed by atoms with Gasteiger partial charge in [0.05, 0.1) is 7.11 Å². The number of rotatable bonds is 7. The molecule has 0 heterocycles. The van der Waals surface area contributed by atoms with E-state index in [4.69, 9.17) is 14.2 Å². The molecule has 6 heteroatoms. The third-order valence-electron chi connectivity index (χ3n) is 3.89. The number of phenolic OH excluding ortho intramolecular Hbond substituents is 1. The molecule has 0 unspecified atom stereocenters. The topological polar surface area (TPSA) is 65.0 Å². The molecule has 0 atom stereocenters. The molecule has 0 aliphatic carbocycles. The fourth-order valence-corrected chi connectivity index (χ4v) is 2.66. The highest BCUT2D eigenvalue weighted by Crippen LogP contribution is 2.42. The smallest absolute Gasteiger partial charge is 0.193 e. The molecule has 0 spiro atoms. The van der Waals surface area contributed by atoms with Crippen molar-refractivity contribution in [2.24, 2.45) is 0 Å². The van der Waals surface area contributed by atoms with Crippen molar-refractivity contribution in [1.82, 2.24) is 0 Å². The largest absolute Gasteiger partial charge is 0.507 e. The molecule has 0 saturated carbocycles. The van der Waals surface area contributed by atoms with Gasteiger partial charge in [0.2, 0.25) is 0 Å². The van der Waals surface area contributed by atoms with Gasteiger partial charge in [-0.25, -0.2) is 4.39 Å². The molecular weight excluding hydrogens is 339 g/mol. The second-order valence-corrected chi connectivity index (χ2v) is 5.64. The van der Waals surface area contributed by atoms with Gasteiger partial charge in [0.15, 0.2) is 12.6 Å². The molecule has 0 amide bonds. The summed E-state index contributed by atoms with van der Waals surface area (Å²) >= 11 is 0. The Morgan fingerprint density at radius 2 is 1.92 bits per heavy atom. The lowest BCUT2D eigenvalue weighted by Gasteiger charge is -2.18. The van der Waals surface area contributed by atoms with Gasteiger partial charge in [0, 0.05) is 18.2 Å². The normalized spacial score (nSPS) is 11.0. The Morgan fingerprint density at radius 1 is 1.19 bits per heavy atom. The summed E-state index contributed by atoms with van der Waals surface area (Å²) in [7, 11) is 2.89. The molecule has 26 heavy (non-hydrogen) atoms. The Labute approximate surface area is 151 Å². The van der Waals surface area contributed by atoms with Crippen LogP contribution in [0.4, 0.5) is 4.39 Å². The second-order valence-electron chi connectivity index (χ2n) is 5.64. The number of halogens is 1. The maximum absolute atomic E-state index is 13.2. The lowest BCUT2D eigenvalue weighted by molar-refractivity contribution is 0.0497. The molecule has 2 aromatic carbocycles. The number of allylic oxidation sites excluding steroid dienone is 1. The Bertz CT molecular complexity index is 843. The fourth-order valence-electron chi connectivity index (χ4n) is 2.66. The maximum Gasteiger partial charge on any atom is 0.193 e. The number of carbonyl (C=O) groups is 1. The summed E-state index contributed by atoms with van der Waals surface area (Å²) in [5.41, 5.74) is 1.54. The molecular formula is C20H21FO5. The maximum atomic E-state index is 13.2. The molecule has 0 saturated heterocycles. The molecule has 5 nitrogen and oxygen atoms in total. The van der Waals surface area contributed by atoms with E-state index in [1.54, 1.807) is 26.0 Å². The average molecular weight is 360 g/mol. The van der Waals surface area contributed by atoms with Crippen LogP contribution in [0.2, 0.25) is 0 Å². The van der Waals surface area contributed by atoms with Crippen LogP contribution in [0.3, 0.4) is 0 Å². The van der Waals surface area contributed by atoms with Crippen LogP contribution in [0, 0.1) is 19.7 Å². The van der Waals surface area contributed by atoms with E-state index < -0.39 is 11.6 Å². The van der Waals surface area contributed by atoms with E-state index in [9.17, 15) is 14.3 Å². The van der Waals surface area contributed by atoms with Crippen LogP contribution < -0.4 is 9.47 Å². The molecule has 1 N–H and O–H groups in total. The van der Waals surface area contributed by atoms with Crippen LogP contribution in [0.25, 0.3) is 6.08 Å². The van der Waals surface area contributed by atoms with Crippen molar-refractivity contribution in [3.8, 4) is 17.2 Å². The molecule has 0 aliphatic rings. The first-order chi connectivity index (χ1) is 12.4. The molecule has 0 aromatic heterocycles. The van der Waals surface area contributed by atoms with Gasteiger partial charge in [-0.3, -0.25) is 4.79 Å². The number of aromatic hydroxyl groups is 1. The van der Waals surface area contributed by atoms with Crippen molar-refractivity contribution in [3.63, 3.8) is 0 Å². The van der Waals surface area contributed by atoms with E-state index in [0.717, 1.165) is 0 Å². The van der Waals surface area contributed by atoms with Crippen molar-refractivity contribution < 1.29 is 28.5 Å². The van der Waals surface area contributed by atoms with E-state index in [2.05, 4.69) is 0 Å². The van der Waals surface area contributed by atoms with Gasteiger partial charge < -0.3 is 19.3 Å². The zero-order chi connectivity index (χ0) is 19.3. The lowest BCUT2D eigenvalue weighted by Crippen LogP contribution is -2.08. The number of ether oxygens (including phenoxy) is 3. The summed E-state index contributed by atoms with van der Waals surface area (Å²) in [6.45, 7) is 3.36. The Balaban J connectivity index is 2.46. The third-order valence-corrected chi connectivity index (χ3v) is 3.89. The summed E-state index contributed by atoms with van der Waals surface area (Å²) in [5.74, 6) is -0.480. The van der Waals surface area contributed by atoms with Gasteiger partial charge in [-0.15, -0.1) is 0 Å². The molecule has 0 radical (unpaired) electrons. The number of carbonyl (C=O) groups excluding carboxylic acids is 1. The molecule has 0 bridgehead atoms. The Hall–Kier alpha value is -2.86. The highest BCUT2D eigenvalue weighted by Gasteiger charge is 2.24. The van der Waals surface area contributed by atoms with Crippen molar-refractivity contribution >= 4 is 11.9 Å². The molecule has 0 fully saturated rings.